The summed E-state index contributed by atoms with van der Waals surface area (Å²) < 4.78 is 85.7. The van der Waals surface area contributed by atoms with Crippen molar-refractivity contribution in [3.63, 3.8) is 0 Å². The predicted octanol–water partition coefficient (Wildman–Crippen LogP) is 4.17. The number of alkyl halides is 6. The lowest BCUT2D eigenvalue weighted by Gasteiger charge is -2.34. The molecule has 0 atom stereocenters. The molecule has 13 heteroatoms. The number of hydrogen-bond donors (Lipinski definition) is 2. The number of carbonyl (C=O) groups is 1. The zero-order valence-electron chi connectivity index (χ0n) is 18.3. The lowest BCUT2D eigenvalue weighted by atomic mass is 9.92. The van der Waals surface area contributed by atoms with Crippen LogP contribution in [0.3, 0.4) is 0 Å². The first-order chi connectivity index (χ1) is 16.3. The molecule has 1 aromatic carbocycles. The minimum Gasteiger partial charge on any atom is -0.392 e. The van der Waals surface area contributed by atoms with Crippen LogP contribution in [0.15, 0.2) is 43.0 Å². The molecule has 1 heterocycles. The fraction of sp³-hybridized carbons (Fsp3) is 0.455. The number of halogens is 6. The zero-order chi connectivity index (χ0) is 25.8. The van der Waals surface area contributed by atoms with Gasteiger partial charge in [-0.2, -0.15) is 13.2 Å². The SMILES string of the molecule is C=C(CCn1cnc(-c2ccc(C(F)(F)F)cc2CO)c1)NC(=O)CO[C@H]1C[C@@H](OC(F)(F)F)C1. The third-order valence-electron chi connectivity index (χ3n) is 5.30. The lowest BCUT2D eigenvalue weighted by molar-refractivity contribution is -0.357. The van der Waals surface area contributed by atoms with Crippen molar-refractivity contribution in [2.24, 2.45) is 0 Å². The van der Waals surface area contributed by atoms with Gasteiger partial charge in [0.15, 0.2) is 0 Å². The highest BCUT2D eigenvalue weighted by Crippen LogP contribution is 2.33. The summed E-state index contributed by atoms with van der Waals surface area (Å²) in [6.45, 7) is 3.16. The molecule has 1 aliphatic carbocycles. The molecule has 2 aromatic rings. The summed E-state index contributed by atoms with van der Waals surface area (Å²) in [6.07, 6.45) is -7.21. The van der Waals surface area contributed by atoms with E-state index in [2.05, 4.69) is 21.6 Å². The molecule has 0 aliphatic heterocycles. The largest absolute Gasteiger partial charge is 0.522 e. The van der Waals surface area contributed by atoms with Gasteiger partial charge in [0.1, 0.15) is 6.61 Å². The van der Waals surface area contributed by atoms with Crippen LogP contribution in [0, 0.1) is 0 Å². The van der Waals surface area contributed by atoms with E-state index in [4.69, 9.17) is 4.74 Å². The molecule has 2 N–H and O–H groups in total. The Hall–Kier alpha value is -2.90. The van der Waals surface area contributed by atoms with Crippen LogP contribution in [0.4, 0.5) is 26.3 Å². The Morgan fingerprint density at radius 3 is 2.54 bits per heavy atom. The minimum absolute atomic E-state index is 0.0492. The number of ether oxygens (including phenoxy) is 2. The van der Waals surface area contributed by atoms with Crippen molar-refractivity contribution in [2.75, 3.05) is 6.61 Å². The van der Waals surface area contributed by atoms with E-state index in [-0.39, 0.29) is 25.0 Å². The second-order valence-corrected chi connectivity index (χ2v) is 8.02. The first kappa shape index (κ1) is 26.7. The van der Waals surface area contributed by atoms with Crippen molar-refractivity contribution >= 4 is 5.91 Å². The third kappa shape index (κ3) is 7.80. The molecule has 192 valence electrons. The van der Waals surface area contributed by atoms with Crippen molar-refractivity contribution in [3.8, 4) is 11.3 Å². The highest BCUT2D eigenvalue weighted by molar-refractivity contribution is 5.78. The molecule has 0 spiro atoms. The van der Waals surface area contributed by atoms with Gasteiger partial charge in [-0.25, -0.2) is 4.98 Å². The quantitative estimate of drug-likeness (QED) is 0.472. The van der Waals surface area contributed by atoms with Crippen molar-refractivity contribution in [2.45, 2.75) is 57.2 Å². The van der Waals surface area contributed by atoms with E-state index >= 15 is 0 Å². The number of aliphatic hydroxyl groups is 1. The molecule has 1 fully saturated rings. The van der Waals surface area contributed by atoms with Gasteiger partial charge in [-0.15, -0.1) is 13.2 Å². The third-order valence-corrected chi connectivity index (χ3v) is 5.30. The van der Waals surface area contributed by atoms with E-state index in [1.807, 2.05) is 0 Å². The second-order valence-electron chi connectivity index (χ2n) is 8.02. The lowest BCUT2D eigenvalue weighted by Crippen LogP contribution is -2.42. The summed E-state index contributed by atoms with van der Waals surface area (Å²) in [7, 11) is 0. The Morgan fingerprint density at radius 2 is 1.91 bits per heavy atom. The van der Waals surface area contributed by atoms with E-state index in [1.165, 1.54) is 12.4 Å². The molecule has 1 amide bonds. The molecular weight excluding hydrogens is 484 g/mol. The van der Waals surface area contributed by atoms with Crippen molar-refractivity contribution < 1.29 is 45.7 Å². The van der Waals surface area contributed by atoms with E-state index < -0.39 is 42.8 Å². The maximum absolute atomic E-state index is 12.9. The van der Waals surface area contributed by atoms with Crippen LogP contribution in [0.25, 0.3) is 11.3 Å². The molecule has 7 nitrogen and oxygen atoms in total. The normalized spacial score (nSPS) is 18.3. The topological polar surface area (TPSA) is 85.6 Å². The van der Waals surface area contributed by atoms with Gasteiger partial charge >= 0.3 is 12.5 Å². The van der Waals surface area contributed by atoms with E-state index in [0.717, 1.165) is 12.1 Å². The maximum Gasteiger partial charge on any atom is 0.522 e. The average Bonchev–Trinajstić information content (AvgIpc) is 3.20. The van der Waals surface area contributed by atoms with Crippen LogP contribution in [0.1, 0.15) is 30.4 Å². The molecule has 1 saturated carbocycles. The zero-order valence-corrected chi connectivity index (χ0v) is 18.3. The Bertz CT molecular complexity index is 1040. The van der Waals surface area contributed by atoms with Gasteiger partial charge in [0.2, 0.25) is 5.91 Å². The molecule has 0 radical (unpaired) electrons. The Balaban J connectivity index is 1.43. The summed E-state index contributed by atoms with van der Waals surface area (Å²) in [5.41, 5.74) is 0.324. The number of hydrogen-bond acceptors (Lipinski definition) is 5. The van der Waals surface area contributed by atoms with Crippen LogP contribution in [-0.2, 0) is 33.6 Å². The summed E-state index contributed by atoms with van der Waals surface area (Å²) in [5.74, 6) is -0.501. The molecular formula is C22H23F6N3O4. The summed E-state index contributed by atoms with van der Waals surface area (Å²) >= 11 is 0. The van der Waals surface area contributed by atoms with Crippen LogP contribution in [0.5, 0.6) is 0 Å². The number of aryl methyl sites for hydroxylation is 1. The van der Waals surface area contributed by atoms with E-state index in [1.54, 1.807) is 10.8 Å². The van der Waals surface area contributed by atoms with Crippen molar-refractivity contribution in [1.29, 1.82) is 0 Å². The second kappa shape index (κ2) is 10.8. The van der Waals surface area contributed by atoms with Crippen molar-refractivity contribution in [1.82, 2.24) is 14.9 Å². The Kier molecular flexibility index (Phi) is 8.23. The van der Waals surface area contributed by atoms with Gasteiger partial charge in [-0.1, -0.05) is 12.6 Å². The Labute approximate surface area is 196 Å². The standard InChI is InChI=1S/C22H23F6N3O4/c1-13(30-20(33)11-34-16-7-17(8-16)35-22(26,27)28)4-5-31-9-19(29-12-31)18-3-2-15(21(23,24)25)6-14(18)10-32/h2-3,6,9,12,16-17,32H,1,4-5,7-8,10-11H2,(H,30,33)/t16-,17+. The smallest absolute Gasteiger partial charge is 0.392 e. The maximum atomic E-state index is 12.9. The average molecular weight is 507 g/mol. The van der Waals surface area contributed by atoms with Gasteiger partial charge in [-0.3, -0.25) is 9.53 Å². The van der Waals surface area contributed by atoms with Crippen LogP contribution >= 0.6 is 0 Å². The molecule has 0 unspecified atom stereocenters. The summed E-state index contributed by atoms with van der Waals surface area (Å²) in [4.78, 5) is 16.1. The van der Waals surface area contributed by atoms with Crippen LogP contribution < -0.4 is 5.32 Å². The molecule has 1 aliphatic rings. The number of benzene rings is 1. The fourth-order valence-corrected chi connectivity index (χ4v) is 3.46. The predicted molar refractivity (Wildman–Crippen MR) is 110 cm³/mol. The number of aromatic nitrogens is 2. The number of amides is 1. The van der Waals surface area contributed by atoms with Crippen molar-refractivity contribution in [3.05, 3.63) is 54.1 Å². The first-order valence-corrected chi connectivity index (χ1v) is 10.5. The number of aliphatic hydroxyl groups excluding tert-OH is 1. The van der Waals surface area contributed by atoms with Crippen LogP contribution in [0.2, 0.25) is 0 Å². The molecule has 0 saturated heterocycles. The number of allylic oxidation sites excluding steroid dienone is 1. The molecule has 35 heavy (non-hydrogen) atoms. The summed E-state index contributed by atoms with van der Waals surface area (Å²) in [5, 5.41) is 12.0. The highest BCUT2D eigenvalue weighted by Gasteiger charge is 2.40. The number of imidazole rings is 1. The van der Waals surface area contributed by atoms with E-state index in [0.29, 0.717) is 29.9 Å². The van der Waals surface area contributed by atoms with E-state index in [9.17, 15) is 36.2 Å². The van der Waals surface area contributed by atoms with Gasteiger partial charge in [-0.05, 0) is 17.7 Å². The van der Waals surface area contributed by atoms with Gasteiger partial charge in [0.25, 0.3) is 0 Å². The fourth-order valence-electron chi connectivity index (χ4n) is 3.46. The van der Waals surface area contributed by atoms with Crippen LogP contribution in [-0.4, -0.2) is 45.7 Å². The summed E-state index contributed by atoms with van der Waals surface area (Å²) in [6, 6.07) is 3.04. The Morgan fingerprint density at radius 1 is 1.20 bits per heavy atom. The number of carbonyl (C=O) groups excluding carboxylic acids is 1. The van der Waals surface area contributed by atoms with Gasteiger partial charge in [0.05, 0.1) is 36.4 Å². The first-order valence-electron chi connectivity index (χ1n) is 10.5. The highest BCUT2D eigenvalue weighted by atomic mass is 19.4. The van der Waals surface area contributed by atoms with Gasteiger partial charge in [0, 0.05) is 43.3 Å². The van der Waals surface area contributed by atoms with Gasteiger partial charge < -0.3 is 19.7 Å². The number of nitrogens with one attached hydrogen (secondary N) is 1. The minimum atomic E-state index is -4.69. The number of rotatable bonds is 10. The molecule has 1 aromatic heterocycles. The number of nitrogens with zero attached hydrogens (tertiary/aromatic N) is 2. The molecule has 3 rings (SSSR count). The molecule has 0 bridgehead atoms. The monoisotopic (exact) mass is 507 g/mol.